The molecule has 0 bridgehead atoms. The van der Waals surface area contributed by atoms with Crippen LogP contribution in [0.25, 0.3) is 0 Å². The highest BCUT2D eigenvalue weighted by Gasteiger charge is 2.20. The van der Waals surface area contributed by atoms with Crippen LogP contribution in [0.1, 0.15) is 27.9 Å². The summed E-state index contributed by atoms with van der Waals surface area (Å²) < 4.78 is 0. The first-order valence-electron chi connectivity index (χ1n) is 15.5. The van der Waals surface area contributed by atoms with E-state index in [4.69, 9.17) is 26.2 Å². The first-order chi connectivity index (χ1) is 23.7. The lowest BCUT2D eigenvalue weighted by Crippen LogP contribution is -2.49. The number of carbonyl (C=O) groups excluding carboxylic acids is 3. The van der Waals surface area contributed by atoms with Gasteiger partial charge in [-0.25, -0.2) is 0 Å². The number of benzene rings is 2. The molecular weight excluding hydrogens is 658 g/mol. The molecule has 1 unspecified atom stereocenters. The summed E-state index contributed by atoms with van der Waals surface area (Å²) in [6.45, 7) is -2.76. The van der Waals surface area contributed by atoms with Gasteiger partial charge in [0, 0.05) is 38.3 Å². The molecule has 50 heavy (non-hydrogen) atoms. The van der Waals surface area contributed by atoms with Crippen LogP contribution in [-0.2, 0) is 41.7 Å². The fourth-order valence-corrected chi connectivity index (χ4v) is 4.69. The van der Waals surface area contributed by atoms with Gasteiger partial charge in [-0.15, -0.1) is 0 Å². The van der Waals surface area contributed by atoms with Crippen LogP contribution in [0.5, 0.6) is 0 Å². The Kier molecular flexibility index (Phi) is 17.5. The lowest BCUT2D eigenvalue weighted by molar-refractivity contribution is -0.143. The average molecular weight is 702 g/mol. The Morgan fingerprint density at radius 1 is 0.620 bits per heavy atom. The Hall–Kier alpha value is -5.43. The molecule has 9 N–H and O–H groups in total. The quantitative estimate of drug-likeness (QED) is 0.0598. The fraction of sp³-hybridized carbons (Fsp3) is 0.406. The lowest BCUT2D eigenvalue weighted by atomic mass is 10.1. The summed E-state index contributed by atoms with van der Waals surface area (Å²) >= 11 is 0. The molecule has 18 nitrogen and oxygen atoms in total. The molecule has 18 heteroatoms. The maximum absolute atomic E-state index is 12.9. The number of carbonyl (C=O) groups is 7. The molecular formula is C32H43N7O11. The highest BCUT2D eigenvalue weighted by molar-refractivity contribution is 5.96. The SMILES string of the molecule is NC(CCc1ccccc1)C(=O)NNC(=O)c1cccc(CNC(=O)CN(CCN(CC(=O)O)CC(=O)O)CCN(CC(=O)O)CC(=O)O)c1. The van der Waals surface area contributed by atoms with E-state index in [9.17, 15) is 33.6 Å². The number of nitrogens with zero attached hydrogens (tertiary/aromatic N) is 3. The highest BCUT2D eigenvalue weighted by atomic mass is 16.4. The second kappa shape index (κ2) is 21.5. The second-order valence-corrected chi connectivity index (χ2v) is 11.3. The predicted octanol–water partition coefficient (Wildman–Crippen LogP) is -1.73. The number of nitrogens with two attached hydrogens (primary N) is 1. The summed E-state index contributed by atoms with van der Waals surface area (Å²) in [6.07, 6.45) is 0.945. The van der Waals surface area contributed by atoms with Crippen molar-refractivity contribution in [3.8, 4) is 0 Å². The van der Waals surface area contributed by atoms with Crippen LogP contribution in [0.3, 0.4) is 0 Å². The van der Waals surface area contributed by atoms with E-state index in [1.165, 1.54) is 17.0 Å². The number of aryl methyl sites for hydroxylation is 1. The van der Waals surface area contributed by atoms with Gasteiger partial charge in [-0.05, 0) is 36.1 Å². The molecule has 0 heterocycles. The number of rotatable bonds is 23. The van der Waals surface area contributed by atoms with Crippen molar-refractivity contribution in [1.82, 2.24) is 30.9 Å². The van der Waals surface area contributed by atoms with E-state index < -0.39 is 73.8 Å². The summed E-state index contributed by atoms with van der Waals surface area (Å²) in [5.41, 5.74) is 12.3. The van der Waals surface area contributed by atoms with Gasteiger partial charge in [-0.1, -0.05) is 42.5 Å². The normalized spacial score (nSPS) is 11.6. The first-order valence-corrected chi connectivity index (χ1v) is 15.5. The summed E-state index contributed by atoms with van der Waals surface area (Å²) in [7, 11) is 0. The monoisotopic (exact) mass is 701 g/mol. The fourth-order valence-electron chi connectivity index (χ4n) is 4.69. The molecule has 272 valence electrons. The molecule has 2 rings (SSSR count). The minimum atomic E-state index is -1.26. The lowest BCUT2D eigenvalue weighted by Gasteiger charge is -2.28. The van der Waals surface area contributed by atoms with Crippen molar-refractivity contribution in [2.45, 2.75) is 25.4 Å². The van der Waals surface area contributed by atoms with E-state index in [1.807, 2.05) is 30.3 Å². The van der Waals surface area contributed by atoms with Crippen LogP contribution in [-0.4, -0.2) is 142 Å². The molecule has 2 aromatic carbocycles. The minimum Gasteiger partial charge on any atom is -0.480 e. The Labute approximate surface area is 287 Å². The number of carboxylic acid groups (broad SMARTS) is 4. The largest absolute Gasteiger partial charge is 0.480 e. The third-order valence-electron chi connectivity index (χ3n) is 7.17. The van der Waals surface area contributed by atoms with Gasteiger partial charge in [0.25, 0.3) is 11.8 Å². The standard InChI is InChI=1S/C32H43N7O11/c33-25(10-9-22-5-2-1-3-6-22)32(50)36-35-31(49)24-8-4-7-23(15-24)16-34-26(40)17-37(11-13-38(18-27(41)42)19-28(43)44)12-14-39(20-29(45)46)21-30(47)48/h1-8,15,25H,9-14,16-21,33H2,(H,34,40)(H,35,49)(H,36,50)(H,41,42)(H,43,44)(H,45,46)(H,47,48). The Morgan fingerprint density at radius 3 is 1.64 bits per heavy atom. The van der Waals surface area contributed by atoms with Gasteiger partial charge >= 0.3 is 23.9 Å². The molecule has 0 aromatic heterocycles. The Balaban J connectivity index is 1.97. The van der Waals surface area contributed by atoms with Crippen LogP contribution >= 0.6 is 0 Å². The molecule has 0 fully saturated rings. The van der Waals surface area contributed by atoms with Crippen LogP contribution in [0.4, 0.5) is 0 Å². The van der Waals surface area contributed by atoms with Gasteiger partial charge in [-0.3, -0.25) is 59.1 Å². The van der Waals surface area contributed by atoms with Crippen LogP contribution in [0.15, 0.2) is 54.6 Å². The summed E-state index contributed by atoms with van der Waals surface area (Å²) in [6, 6.07) is 14.9. The molecule has 0 saturated heterocycles. The third kappa shape index (κ3) is 17.1. The third-order valence-corrected chi connectivity index (χ3v) is 7.17. The van der Waals surface area contributed by atoms with Crippen molar-refractivity contribution in [2.24, 2.45) is 5.73 Å². The maximum Gasteiger partial charge on any atom is 0.317 e. The zero-order chi connectivity index (χ0) is 37.1. The number of carboxylic acids is 4. The van der Waals surface area contributed by atoms with Crippen molar-refractivity contribution in [1.29, 1.82) is 0 Å². The molecule has 0 radical (unpaired) electrons. The Morgan fingerprint density at radius 2 is 1.12 bits per heavy atom. The van der Waals surface area contributed by atoms with Gasteiger partial charge in [-0.2, -0.15) is 0 Å². The Bertz CT molecular complexity index is 1400. The summed E-state index contributed by atoms with van der Waals surface area (Å²) in [4.78, 5) is 86.6. The zero-order valence-corrected chi connectivity index (χ0v) is 27.3. The highest BCUT2D eigenvalue weighted by Crippen LogP contribution is 2.07. The minimum absolute atomic E-state index is 0.000742. The zero-order valence-electron chi connectivity index (χ0n) is 27.3. The summed E-state index contributed by atoms with van der Waals surface area (Å²) in [5, 5.41) is 39.2. The molecule has 0 saturated carbocycles. The average Bonchev–Trinajstić information content (AvgIpc) is 3.05. The van der Waals surface area contributed by atoms with E-state index in [0.717, 1.165) is 15.4 Å². The maximum atomic E-state index is 12.9. The van der Waals surface area contributed by atoms with E-state index in [2.05, 4.69) is 16.2 Å². The van der Waals surface area contributed by atoms with Gasteiger partial charge in [0.2, 0.25) is 5.91 Å². The van der Waals surface area contributed by atoms with Crippen molar-refractivity contribution < 1.29 is 54.0 Å². The number of aliphatic carboxylic acids is 4. The number of nitrogens with one attached hydrogen (secondary N) is 3. The van der Waals surface area contributed by atoms with Crippen LogP contribution in [0, 0.1) is 0 Å². The number of hydrazine groups is 1. The first kappa shape index (κ1) is 40.7. The molecule has 0 aliphatic carbocycles. The van der Waals surface area contributed by atoms with Crippen molar-refractivity contribution in [3.05, 3.63) is 71.3 Å². The van der Waals surface area contributed by atoms with E-state index >= 15 is 0 Å². The molecule has 0 aliphatic heterocycles. The molecule has 0 aliphatic rings. The predicted molar refractivity (Wildman–Crippen MR) is 176 cm³/mol. The van der Waals surface area contributed by atoms with Crippen LogP contribution in [0.2, 0.25) is 0 Å². The van der Waals surface area contributed by atoms with Gasteiger partial charge in [0.05, 0.1) is 38.8 Å². The molecule has 1 atom stereocenters. The molecule has 2 aromatic rings. The van der Waals surface area contributed by atoms with Gasteiger partial charge in [0.15, 0.2) is 0 Å². The van der Waals surface area contributed by atoms with E-state index in [-0.39, 0.29) is 44.8 Å². The summed E-state index contributed by atoms with van der Waals surface area (Å²) in [5.74, 6) is -6.73. The van der Waals surface area contributed by atoms with E-state index in [1.54, 1.807) is 12.1 Å². The van der Waals surface area contributed by atoms with Crippen LogP contribution < -0.4 is 21.9 Å². The number of hydrogen-bond acceptors (Lipinski definition) is 11. The van der Waals surface area contributed by atoms with Crippen molar-refractivity contribution in [2.75, 3.05) is 58.9 Å². The molecule has 3 amide bonds. The number of hydrogen-bond donors (Lipinski definition) is 8. The van der Waals surface area contributed by atoms with Gasteiger partial charge in [0.1, 0.15) is 0 Å². The van der Waals surface area contributed by atoms with Crippen molar-refractivity contribution in [3.63, 3.8) is 0 Å². The van der Waals surface area contributed by atoms with Crippen molar-refractivity contribution >= 4 is 41.6 Å². The number of amides is 3. The smallest absolute Gasteiger partial charge is 0.317 e. The topological polar surface area (TPSA) is 272 Å². The molecule has 0 spiro atoms. The second-order valence-electron chi connectivity index (χ2n) is 11.3. The van der Waals surface area contributed by atoms with E-state index in [0.29, 0.717) is 18.4 Å². The van der Waals surface area contributed by atoms with Gasteiger partial charge < -0.3 is 31.5 Å².